The Bertz CT molecular complexity index is 463. The van der Waals surface area contributed by atoms with Crippen molar-refractivity contribution in [3.05, 3.63) is 58.0 Å². The average molecular weight is 235 g/mol. The molecule has 1 atom stereocenters. The molecular formula is C13H14FNS. The minimum Gasteiger partial charge on any atom is -0.321 e. The van der Waals surface area contributed by atoms with E-state index in [4.69, 9.17) is 5.73 Å². The summed E-state index contributed by atoms with van der Waals surface area (Å²) in [5.41, 5.74) is 6.75. The molecule has 1 aromatic heterocycles. The second-order valence-corrected chi connectivity index (χ2v) is 5.15. The van der Waals surface area contributed by atoms with Gasteiger partial charge in [-0.15, -0.1) is 11.3 Å². The normalized spacial score (nSPS) is 14.7. The Hall–Kier alpha value is -1.19. The van der Waals surface area contributed by atoms with Crippen molar-refractivity contribution in [3.63, 3.8) is 0 Å². The number of nitrogens with two attached hydrogens (primary N) is 1. The number of hydrogen-bond acceptors (Lipinski definition) is 2. The first-order valence-electron chi connectivity index (χ1n) is 5.15. The summed E-state index contributed by atoms with van der Waals surface area (Å²) in [5, 5.41) is 2.01. The van der Waals surface area contributed by atoms with Gasteiger partial charge in [0, 0.05) is 4.88 Å². The van der Waals surface area contributed by atoms with Crippen LogP contribution in [0, 0.1) is 5.82 Å². The monoisotopic (exact) mass is 235 g/mol. The summed E-state index contributed by atoms with van der Waals surface area (Å²) in [6.45, 7) is 1.98. The standard InChI is InChI=1S/C13H14FNS/c1-13(15,12-6-3-7-16-12)9-10-4-2-5-11(14)8-10/h2-8H,9,15H2,1H3. The van der Waals surface area contributed by atoms with Crippen molar-refractivity contribution in [1.82, 2.24) is 0 Å². The fourth-order valence-electron chi connectivity index (χ4n) is 1.76. The van der Waals surface area contributed by atoms with E-state index >= 15 is 0 Å². The summed E-state index contributed by atoms with van der Waals surface area (Å²) in [6, 6.07) is 10.6. The highest BCUT2D eigenvalue weighted by Crippen LogP contribution is 2.26. The zero-order valence-corrected chi connectivity index (χ0v) is 9.93. The van der Waals surface area contributed by atoms with Gasteiger partial charge in [0.25, 0.3) is 0 Å². The predicted molar refractivity (Wildman–Crippen MR) is 66.0 cm³/mol. The zero-order chi connectivity index (χ0) is 11.6. The lowest BCUT2D eigenvalue weighted by atomic mass is 9.92. The first kappa shape index (κ1) is 11.3. The van der Waals surface area contributed by atoms with Crippen LogP contribution in [-0.2, 0) is 12.0 Å². The third-order valence-corrected chi connectivity index (χ3v) is 3.69. The molecule has 0 aliphatic rings. The Morgan fingerprint density at radius 2 is 2.12 bits per heavy atom. The molecule has 0 fully saturated rings. The lowest BCUT2D eigenvalue weighted by molar-refractivity contribution is 0.500. The Morgan fingerprint density at radius 1 is 1.31 bits per heavy atom. The molecule has 0 spiro atoms. The van der Waals surface area contributed by atoms with Gasteiger partial charge in [0.2, 0.25) is 0 Å². The van der Waals surface area contributed by atoms with Crippen molar-refractivity contribution < 1.29 is 4.39 Å². The molecule has 3 heteroatoms. The van der Waals surface area contributed by atoms with Gasteiger partial charge in [0.1, 0.15) is 5.82 Å². The van der Waals surface area contributed by atoms with Gasteiger partial charge in [-0.3, -0.25) is 0 Å². The van der Waals surface area contributed by atoms with Crippen LogP contribution in [0.4, 0.5) is 4.39 Å². The van der Waals surface area contributed by atoms with Crippen LogP contribution < -0.4 is 5.73 Å². The summed E-state index contributed by atoms with van der Waals surface area (Å²) >= 11 is 1.63. The maximum absolute atomic E-state index is 13.0. The highest BCUT2D eigenvalue weighted by molar-refractivity contribution is 7.10. The van der Waals surface area contributed by atoms with Crippen LogP contribution in [-0.4, -0.2) is 0 Å². The molecule has 2 rings (SSSR count). The minimum absolute atomic E-state index is 0.209. The van der Waals surface area contributed by atoms with E-state index in [2.05, 4.69) is 0 Å². The topological polar surface area (TPSA) is 26.0 Å². The third kappa shape index (κ3) is 2.49. The van der Waals surface area contributed by atoms with Crippen LogP contribution in [0.15, 0.2) is 41.8 Å². The van der Waals surface area contributed by atoms with Crippen LogP contribution in [0.2, 0.25) is 0 Å². The maximum Gasteiger partial charge on any atom is 0.123 e. The molecule has 1 nitrogen and oxygen atoms in total. The van der Waals surface area contributed by atoms with E-state index in [1.165, 1.54) is 6.07 Å². The van der Waals surface area contributed by atoms with E-state index in [0.717, 1.165) is 10.4 Å². The fourth-order valence-corrected chi connectivity index (χ4v) is 2.56. The van der Waals surface area contributed by atoms with Gasteiger partial charge >= 0.3 is 0 Å². The van der Waals surface area contributed by atoms with E-state index in [0.29, 0.717) is 6.42 Å². The Labute approximate surface area is 98.7 Å². The van der Waals surface area contributed by atoms with Gasteiger partial charge in [-0.05, 0) is 42.5 Å². The van der Waals surface area contributed by atoms with Crippen LogP contribution in [0.3, 0.4) is 0 Å². The van der Waals surface area contributed by atoms with Gasteiger partial charge < -0.3 is 5.73 Å². The Balaban J connectivity index is 2.21. The molecule has 84 valence electrons. The van der Waals surface area contributed by atoms with E-state index in [-0.39, 0.29) is 5.82 Å². The molecule has 0 saturated carbocycles. The summed E-state index contributed by atoms with van der Waals surface area (Å²) in [7, 11) is 0. The van der Waals surface area contributed by atoms with Crippen molar-refractivity contribution in [2.75, 3.05) is 0 Å². The van der Waals surface area contributed by atoms with E-state index in [1.54, 1.807) is 23.5 Å². The van der Waals surface area contributed by atoms with E-state index in [1.807, 2.05) is 30.5 Å². The molecule has 0 amide bonds. The Kier molecular flexibility index (Phi) is 3.08. The highest BCUT2D eigenvalue weighted by atomic mass is 32.1. The highest BCUT2D eigenvalue weighted by Gasteiger charge is 2.22. The van der Waals surface area contributed by atoms with Gasteiger partial charge in [-0.1, -0.05) is 18.2 Å². The molecule has 1 aromatic carbocycles. The first-order chi connectivity index (χ1) is 7.58. The molecule has 2 N–H and O–H groups in total. The van der Waals surface area contributed by atoms with Crippen molar-refractivity contribution in [2.45, 2.75) is 18.9 Å². The quantitative estimate of drug-likeness (QED) is 0.868. The summed E-state index contributed by atoms with van der Waals surface area (Å²) in [5.74, 6) is -0.209. The van der Waals surface area contributed by atoms with Crippen LogP contribution >= 0.6 is 11.3 Å². The number of thiophene rings is 1. The largest absolute Gasteiger partial charge is 0.321 e. The lowest BCUT2D eigenvalue weighted by Gasteiger charge is -2.23. The van der Waals surface area contributed by atoms with Crippen LogP contribution in [0.1, 0.15) is 17.4 Å². The number of halogens is 1. The average Bonchev–Trinajstić information content (AvgIpc) is 2.69. The molecule has 1 unspecified atom stereocenters. The molecule has 16 heavy (non-hydrogen) atoms. The molecule has 0 aliphatic carbocycles. The summed E-state index contributed by atoms with van der Waals surface area (Å²) in [4.78, 5) is 1.12. The van der Waals surface area contributed by atoms with E-state index in [9.17, 15) is 4.39 Å². The summed E-state index contributed by atoms with van der Waals surface area (Å²) in [6.07, 6.45) is 0.644. The molecule has 2 aromatic rings. The van der Waals surface area contributed by atoms with Gasteiger partial charge in [0.15, 0.2) is 0 Å². The number of rotatable bonds is 3. The van der Waals surface area contributed by atoms with Crippen LogP contribution in [0.5, 0.6) is 0 Å². The Morgan fingerprint density at radius 3 is 2.75 bits per heavy atom. The van der Waals surface area contributed by atoms with E-state index < -0.39 is 5.54 Å². The van der Waals surface area contributed by atoms with Crippen molar-refractivity contribution in [1.29, 1.82) is 0 Å². The van der Waals surface area contributed by atoms with Crippen LogP contribution in [0.25, 0.3) is 0 Å². The zero-order valence-electron chi connectivity index (χ0n) is 9.11. The van der Waals surface area contributed by atoms with Gasteiger partial charge in [-0.25, -0.2) is 4.39 Å². The second-order valence-electron chi connectivity index (χ2n) is 4.20. The molecule has 1 heterocycles. The molecule has 0 radical (unpaired) electrons. The smallest absolute Gasteiger partial charge is 0.123 e. The van der Waals surface area contributed by atoms with Crippen molar-refractivity contribution in [2.24, 2.45) is 5.73 Å². The van der Waals surface area contributed by atoms with Gasteiger partial charge in [-0.2, -0.15) is 0 Å². The fraction of sp³-hybridized carbons (Fsp3) is 0.231. The second kappa shape index (κ2) is 4.36. The summed E-state index contributed by atoms with van der Waals surface area (Å²) < 4.78 is 13.0. The molecule has 0 bridgehead atoms. The van der Waals surface area contributed by atoms with Crippen molar-refractivity contribution >= 4 is 11.3 Å². The SMILES string of the molecule is CC(N)(Cc1cccc(F)c1)c1cccs1. The number of hydrogen-bond donors (Lipinski definition) is 1. The number of benzene rings is 1. The first-order valence-corrected chi connectivity index (χ1v) is 6.03. The molecular weight excluding hydrogens is 221 g/mol. The third-order valence-electron chi connectivity index (χ3n) is 2.54. The predicted octanol–water partition coefficient (Wildman–Crippen LogP) is 3.30. The maximum atomic E-state index is 13.0. The van der Waals surface area contributed by atoms with Gasteiger partial charge in [0.05, 0.1) is 5.54 Å². The molecule has 0 saturated heterocycles. The minimum atomic E-state index is -0.429. The lowest BCUT2D eigenvalue weighted by Crippen LogP contribution is -2.34. The molecule has 0 aliphatic heterocycles. The van der Waals surface area contributed by atoms with Crippen molar-refractivity contribution in [3.8, 4) is 0 Å².